The van der Waals surface area contributed by atoms with E-state index in [1.807, 2.05) is 0 Å². The summed E-state index contributed by atoms with van der Waals surface area (Å²) in [4.78, 5) is 28.5. The summed E-state index contributed by atoms with van der Waals surface area (Å²) < 4.78 is 177. The molecular weight excluding hydrogens is 1310 g/mol. The molecule has 1 N–H and O–H groups in total. The SMILES string of the molecule is COCCOCC(COCCOC)OCC(Oc1ccc2c(c1)c(C(=O)Oc1c(C)cc(C(=O)OC)cc1C)c1cc(OC(COC(COCCOC)COCCOC)OC(COCCOC)COCCOC)ccc1[n+]2CCCS(=O)(=O)O)OC(COCCOC)COCCOC. The van der Waals surface area contributed by atoms with Gasteiger partial charge in [-0.05, 0) is 61.4 Å². The van der Waals surface area contributed by atoms with Crippen LogP contribution in [-0.4, -0.2) is 303 Å². The van der Waals surface area contributed by atoms with Gasteiger partial charge in [0.15, 0.2) is 6.54 Å². The van der Waals surface area contributed by atoms with Gasteiger partial charge in [0.1, 0.15) is 54.9 Å². The molecular formula is C67H106NO29S+. The number of aryl methyl sites for hydroxylation is 3. The number of esters is 2. The fourth-order valence-electron chi connectivity index (χ4n) is 9.44. The minimum atomic E-state index is -4.45. The smallest absolute Gasteiger partial charge is 0.345 e. The standard InChI is InChI=1S/C67H105NO29S/c1-49-35-51(66(69)82-11)36-50(2)65(49)97-67(70)64-58-37-52(93-62(95-56(43-87-30-22-78-7)44-88-31-23-79-8)47-91-54(39-83-26-18-74-3)40-84-27-19-75-4)13-15-60(58)68(17-12-34-98(71,72)73)61-16-14-53(38-59(61)64)94-63(96-57(45-89-32-24-80-9)46-90-33-25-81-10)48-92-55(41-85-28-20-76-5)42-86-29-21-77-6/h13-16,35-38,54-57,62-63H,12,17-34,39-48H2,1-11H3/p+1. The lowest BCUT2D eigenvalue weighted by Crippen LogP contribution is -2.39. The van der Waals surface area contributed by atoms with Gasteiger partial charge in [-0.15, -0.1) is 0 Å². The van der Waals surface area contributed by atoms with E-state index >= 15 is 4.79 Å². The van der Waals surface area contributed by atoms with Gasteiger partial charge in [0, 0.05) is 75.4 Å². The van der Waals surface area contributed by atoms with Crippen LogP contribution in [0.2, 0.25) is 0 Å². The summed E-state index contributed by atoms with van der Waals surface area (Å²) in [6.45, 7) is 8.23. The minimum Gasteiger partial charge on any atom is -0.465 e. The van der Waals surface area contributed by atoms with Crippen LogP contribution in [-0.2, 0) is 116 Å². The number of hydrogen-bond donors (Lipinski definition) is 1. The van der Waals surface area contributed by atoms with Crippen molar-refractivity contribution in [3.63, 3.8) is 0 Å². The Balaban J connectivity index is 2.06. The number of hydrogen-bond acceptors (Lipinski definition) is 28. The molecule has 558 valence electrons. The van der Waals surface area contributed by atoms with Crippen LogP contribution in [0, 0.1) is 13.8 Å². The number of pyridine rings is 1. The van der Waals surface area contributed by atoms with Crippen molar-refractivity contribution < 1.29 is 141 Å². The summed E-state index contributed by atoms with van der Waals surface area (Å²) >= 11 is 0. The third-order valence-electron chi connectivity index (χ3n) is 14.2. The predicted molar refractivity (Wildman–Crippen MR) is 355 cm³/mol. The molecule has 1 aromatic heterocycles. The van der Waals surface area contributed by atoms with Gasteiger partial charge in [-0.3, -0.25) is 4.55 Å². The van der Waals surface area contributed by atoms with Gasteiger partial charge in [0.05, 0.1) is 193 Å². The first kappa shape index (κ1) is 85.4. The fraction of sp³-hybridized carbons (Fsp3) is 0.687. The molecule has 0 spiro atoms. The molecule has 0 bridgehead atoms. The van der Waals surface area contributed by atoms with E-state index in [4.69, 9.17) is 114 Å². The van der Waals surface area contributed by atoms with E-state index in [1.54, 1.807) is 124 Å². The molecule has 31 heteroatoms. The minimum absolute atomic E-state index is 0.00286. The Morgan fingerprint density at radius 3 is 1.06 bits per heavy atom. The third-order valence-corrected chi connectivity index (χ3v) is 15.0. The maximum absolute atomic E-state index is 15.7. The topological polar surface area (TPSA) is 314 Å². The molecule has 0 aliphatic carbocycles. The highest BCUT2D eigenvalue weighted by Gasteiger charge is 2.31. The van der Waals surface area contributed by atoms with Crippen LogP contribution in [0.4, 0.5) is 0 Å². The summed E-state index contributed by atoms with van der Waals surface area (Å²) in [7, 11) is 9.33. The van der Waals surface area contributed by atoms with E-state index in [-0.39, 0.29) is 171 Å². The lowest BCUT2D eigenvalue weighted by molar-refractivity contribution is -0.645. The van der Waals surface area contributed by atoms with Crippen LogP contribution < -0.4 is 18.8 Å². The van der Waals surface area contributed by atoms with Crippen LogP contribution in [0.25, 0.3) is 21.8 Å². The Morgan fingerprint density at radius 2 is 0.755 bits per heavy atom. The molecule has 98 heavy (non-hydrogen) atoms. The lowest BCUT2D eigenvalue weighted by Gasteiger charge is -2.28. The van der Waals surface area contributed by atoms with E-state index in [0.717, 1.165) is 0 Å². The molecule has 3 aromatic carbocycles. The third kappa shape index (κ3) is 33.6. The summed E-state index contributed by atoms with van der Waals surface area (Å²) in [6.07, 6.45) is -5.31. The second-order valence-electron chi connectivity index (χ2n) is 21.9. The number of ether oxygens (including phenoxy) is 24. The van der Waals surface area contributed by atoms with Crippen molar-refractivity contribution in [1.29, 1.82) is 0 Å². The normalized spacial score (nSPS) is 12.7. The first-order valence-electron chi connectivity index (χ1n) is 32.3. The van der Waals surface area contributed by atoms with Crippen molar-refractivity contribution in [3.8, 4) is 17.2 Å². The lowest BCUT2D eigenvalue weighted by atomic mass is 10.0. The Labute approximate surface area is 575 Å². The van der Waals surface area contributed by atoms with Crippen molar-refractivity contribution in [2.24, 2.45) is 0 Å². The van der Waals surface area contributed by atoms with Gasteiger partial charge >= 0.3 is 11.9 Å². The van der Waals surface area contributed by atoms with E-state index < -0.39 is 64.8 Å². The fourth-order valence-corrected chi connectivity index (χ4v) is 9.94. The van der Waals surface area contributed by atoms with Gasteiger partial charge in [0.2, 0.25) is 23.6 Å². The Morgan fingerprint density at radius 1 is 0.429 bits per heavy atom. The summed E-state index contributed by atoms with van der Waals surface area (Å²) in [5.74, 6) is -1.57. The Hall–Kier alpha value is -5.02. The Bertz CT molecular complexity index is 2730. The molecule has 0 radical (unpaired) electrons. The molecule has 30 nitrogen and oxygen atoms in total. The quantitative estimate of drug-likeness (QED) is 0.0121. The molecule has 0 aliphatic heterocycles. The number of nitrogens with zero attached hydrogens (tertiary/aromatic N) is 1. The number of fused-ring (bicyclic) bond motifs is 2. The molecule has 2 atom stereocenters. The number of carbonyl (C=O) groups excluding carboxylic acids is 2. The summed E-state index contributed by atoms with van der Waals surface area (Å²) in [5.41, 5.74) is 1.92. The highest BCUT2D eigenvalue weighted by Crippen LogP contribution is 2.34. The van der Waals surface area contributed by atoms with E-state index in [1.165, 1.54) is 7.11 Å². The monoisotopic (exact) mass is 1420 g/mol. The number of carbonyl (C=O) groups is 2. The molecule has 0 amide bonds. The number of benzene rings is 3. The van der Waals surface area contributed by atoms with E-state index in [0.29, 0.717) is 75.0 Å². The van der Waals surface area contributed by atoms with E-state index in [9.17, 15) is 17.8 Å². The van der Waals surface area contributed by atoms with Crippen molar-refractivity contribution in [2.75, 3.05) is 242 Å². The van der Waals surface area contributed by atoms with Crippen molar-refractivity contribution in [1.82, 2.24) is 0 Å². The maximum Gasteiger partial charge on any atom is 0.345 e. The van der Waals surface area contributed by atoms with Crippen LogP contribution >= 0.6 is 0 Å². The highest BCUT2D eigenvalue weighted by atomic mass is 32.2. The second kappa shape index (κ2) is 51.2. The molecule has 1 heterocycles. The Kier molecular flexibility index (Phi) is 44.6. The van der Waals surface area contributed by atoms with Crippen LogP contribution in [0.5, 0.6) is 17.2 Å². The van der Waals surface area contributed by atoms with Crippen LogP contribution in [0.1, 0.15) is 38.3 Å². The molecule has 4 rings (SSSR count). The molecule has 0 saturated heterocycles. The number of methoxy groups -OCH3 is 9. The van der Waals surface area contributed by atoms with Gasteiger partial charge in [-0.25, -0.2) is 9.59 Å². The largest absolute Gasteiger partial charge is 0.465 e. The average molecular weight is 1420 g/mol. The van der Waals surface area contributed by atoms with Crippen molar-refractivity contribution >= 4 is 43.9 Å². The van der Waals surface area contributed by atoms with Crippen LogP contribution in [0.15, 0.2) is 48.5 Å². The zero-order chi connectivity index (χ0) is 71.2. The number of rotatable bonds is 61. The molecule has 0 aliphatic rings. The van der Waals surface area contributed by atoms with Crippen molar-refractivity contribution in [3.05, 3.63) is 70.8 Å². The summed E-state index contributed by atoms with van der Waals surface area (Å²) in [5, 5.41) is 0.483. The van der Waals surface area contributed by atoms with E-state index in [2.05, 4.69) is 0 Å². The second-order valence-corrected chi connectivity index (χ2v) is 23.5. The molecule has 0 saturated carbocycles. The zero-order valence-electron chi connectivity index (χ0n) is 58.8. The summed E-state index contributed by atoms with van der Waals surface area (Å²) in [6, 6.07) is 13.1. The molecule has 2 unspecified atom stereocenters. The average Bonchev–Trinajstić information content (AvgIpc) is 0.740. The number of aromatic nitrogens is 1. The zero-order valence-corrected chi connectivity index (χ0v) is 59.6. The van der Waals surface area contributed by atoms with Crippen LogP contribution in [0.3, 0.4) is 0 Å². The molecule has 4 aromatic rings. The highest BCUT2D eigenvalue weighted by molar-refractivity contribution is 7.85. The van der Waals surface area contributed by atoms with Gasteiger partial charge in [0.25, 0.3) is 10.1 Å². The first-order valence-corrected chi connectivity index (χ1v) is 33.9. The predicted octanol–water partition coefficient (Wildman–Crippen LogP) is 4.44. The van der Waals surface area contributed by atoms with Gasteiger partial charge in [-0.2, -0.15) is 13.0 Å². The maximum atomic E-state index is 15.7. The first-order chi connectivity index (χ1) is 47.6. The van der Waals surface area contributed by atoms with Gasteiger partial charge < -0.3 is 114 Å². The van der Waals surface area contributed by atoms with Crippen molar-refractivity contribution in [2.45, 2.75) is 63.8 Å². The van der Waals surface area contributed by atoms with Gasteiger partial charge in [-0.1, -0.05) is 0 Å². The molecule has 0 fully saturated rings.